The van der Waals surface area contributed by atoms with Crippen LogP contribution < -0.4 is 0 Å². The summed E-state index contributed by atoms with van der Waals surface area (Å²) >= 11 is 0. The number of carbonyl (C=O) groups excluding carboxylic acids is 2. The van der Waals surface area contributed by atoms with Gasteiger partial charge < -0.3 is 24.8 Å². The molecule has 0 aliphatic rings. The first-order valence-electron chi connectivity index (χ1n) is 17.3. The predicted molar refractivity (Wildman–Crippen MR) is 166 cm³/mol. The smallest absolute Gasteiger partial charge is 0.396 e. The third-order valence-electron chi connectivity index (χ3n) is 7.80. The number of ether oxygens (including phenoxy) is 2. The van der Waals surface area contributed by atoms with Crippen LogP contribution in [0.25, 0.3) is 0 Å². The summed E-state index contributed by atoms with van der Waals surface area (Å²) in [7, 11) is 0. The van der Waals surface area contributed by atoms with E-state index in [-0.39, 0.29) is 25.9 Å². The third kappa shape index (κ3) is 25.1. The van der Waals surface area contributed by atoms with Gasteiger partial charge in [0.25, 0.3) is 0 Å². The molecule has 0 aromatic heterocycles. The Kier molecular flexibility index (Phi) is 28.1. The Balaban J connectivity index is 4.30. The lowest BCUT2D eigenvalue weighted by atomic mass is 10.1. The molecule has 0 radical (unpaired) electrons. The SMILES string of the molecule is CCCCCCCCCCCCCC(=O)OC(O)(OC(=O)CCCCCCCCCCCCC)C(O)CCCCO. The van der Waals surface area contributed by atoms with Crippen molar-refractivity contribution in [3.8, 4) is 0 Å². The number of hydrogen-bond donors (Lipinski definition) is 3. The Bertz CT molecular complexity index is 556. The molecule has 7 heteroatoms. The second-order valence-electron chi connectivity index (χ2n) is 11.9. The molecule has 0 heterocycles. The van der Waals surface area contributed by atoms with Crippen molar-refractivity contribution in [1.29, 1.82) is 0 Å². The van der Waals surface area contributed by atoms with E-state index in [4.69, 9.17) is 14.6 Å². The van der Waals surface area contributed by atoms with Crippen LogP contribution in [-0.2, 0) is 19.1 Å². The summed E-state index contributed by atoms with van der Waals surface area (Å²) in [5.41, 5.74) is 0. The van der Waals surface area contributed by atoms with Crippen molar-refractivity contribution in [2.24, 2.45) is 0 Å². The van der Waals surface area contributed by atoms with Gasteiger partial charge in [0, 0.05) is 19.4 Å². The van der Waals surface area contributed by atoms with Crippen molar-refractivity contribution in [3.05, 3.63) is 0 Å². The lowest BCUT2D eigenvalue weighted by molar-refractivity contribution is -0.361. The zero-order chi connectivity index (χ0) is 30.4. The Morgan fingerprint density at radius 1 is 0.537 bits per heavy atom. The number of rotatable bonds is 31. The van der Waals surface area contributed by atoms with Gasteiger partial charge in [-0.1, -0.05) is 142 Å². The second kappa shape index (κ2) is 28.9. The molecular weight excluding hydrogens is 520 g/mol. The molecule has 244 valence electrons. The highest BCUT2D eigenvalue weighted by atomic mass is 16.8. The van der Waals surface area contributed by atoms with E-state index < -0.39 is 24.0 Å². The van der Waals surface area contributed by atoms with E-state index in [1.54, 1.807) is 0 Å². The van der Waals surface area contributed by atoms with Gasteiger partial charge in [-0.25, -0.2) is 0 Å². The molecule has 1 unspecified atom stereocenters. The van der Waals surface area contributed by atoms with Crippen LogP contribution in [0.15, 0.2) is 0 Å². The highest BCUT2D eigenvalue weighted by Gasteiger charge is 2.44. The van der Waals surface area contributed by atoms with Gasteiger partial charge in [0.2, 0.25) is 0 Å². The molecule has 0 amide bonds. The molecular formula is C34H66O7. The van der Waals surface area contributed by atoms with E-state index in [1.165, 1.54) is 89.9 Å². The largest absolute Gasteiger partial charge is 0.401 e. The molecule has 0 saturated carbocycles. The Labute approximate surface area is 252 Å². The summed E-state index contributed by atoms with van der Waals surface area (Å²) in [5.74, 6) is -4.07. The van der Waals surface area contributed by atoms with Gasteiger partial charge in [0.15, 0.2) is 6.10 Å². The van der Waals surface area contributed by atoms with Crippen LogP contribution in [0.4, 0.5) is 0 Å². The van der Waals surface area contributed by atoms with Crippen LogP contribution in [0.3, 0.4) is 0 Å². The summed E-state index contributed by atoms with van der Waals surface area (Å²) in [6.07, 6.45) is 24.9. The zero-order valence-electron chi connectivity index (χ0n) is 26.9. The molecule has 3 N–H and O–H groups in total. The van der Waals surface area contributed by atoms with Gasteiger partial charge in [-0.2, -0.15) is 0 Å². The van der Waals surface area contributed by atoms with E-state index in [1.807, 2.05) is 0 Å². The molecule has 0 bridgehead atoms. The van der Waals surface area contributed by atoms with Crippen LogP contribution >= 0.6 is 0 Å². The number of aliphatic hydroxyl groups is 3. The maximum absolute atomic E-state index is 12.5. The summed E-state index contributed by atoms with van der Waals surface area (Å²) < 4.78 is 10.3. The van der Waals surface area contributed by atoms with Crippen LogP contribution in [0.5, 0.6) is 0 Å². The van der Waals surface area contributed by atoms with Crippen molar-refractivity contribution in [3.63, 3.8) is 0 Å². The fraction of sp³-hybridized carbons (Fsp3) is 0.941. The lowest BCUT2D eigenvalue weighted by Crippen LogP contribution is -2.50. The molecule has 0 aromatic rings. The average Bonchev–Trinajstić information content (AvgIpc) is 2.94. The molecule has 1 atom stereocenters. The first kappa shape index (κ1) is 39.8. The highest BCUT2D eigenvalue weighted by molar-refractivity contribution is 5.71. The quantitative estimate of drug-likeness (QED) is 0.0423. The van der Waals surface area contributed by atoms with Gasteiger partial charge in [0.05, 0.1) is 0 Å². The fourth-order valence-electron chi connectivity index (χ4n) is 5.08. The van der Waals surface area contributed by atoms with Gasteiger partial charge in [-0.05, 0) is 32.1 Å². The molecule has 41 heavy (non-hydrogen) atoms. The lowest BCUT2D eigenvalue weighted by Gasteiger charge is -2.31. The van der Waals surface area contributed by atoms with Crippen LogP contribution in [0.2, 0.25) is 0 Å². The second-order valence-corrected chi connectivity index (χ2v) is 11.9. The van der Waals surface area contributed by atoms with Gasteiger partial charge >= 0.3 is 17.9 Å². The summed E-state index contributed by atoms with van der Waals surface area (Å²) in [6.45, 7) is 4.40. The summed E-state index contributed by atoms with van der Waals surface area (Å²) in [6, 6.07) is 0. The fourth-order valence-corrected chi connectivity index (χ4v) is 5.08. The summed E-state index contributed by atoms with van der Waals surface area (Å²) in [5, 5.41) is 30.4. The number of carbonyl (C=O) groups is 2. The monoisotopic (exact) mass is 586 g/mol. The topological polar surface area (TPSA) is 113 Å². The van der Waals surface area contributed by atoms with Crippen molar-refractivity contribution in [2.45, 2.75) is 199 Å². The molecule has 0 aliphatic carbocycles. The van der Waals surface area contributed by atoms with E-state index in [9.17, 15) is 19.8 Å². The van der Waals surface area contributed by atoms with E-state index >= 15 is 0 Å². The number of esters is 2. The maximum atomic E-state index is 12.5. The van der Waals surface area contributed by atoms with E-state index in [2.05, 4.69) is 13.8 Å². The highest BCUT2D eigenvalue weighted by Crippen LogP contribution is 2.23. The van der Waals surface area contributed by atoms with Crippen LogP contribution in [0.1, 0.15) is 187 Å². The molecule has 0 rings (SSSR count). The minimum absolute atomic E-state index is 0.0362. The normalized spacial score (nSPS) is 12.4. The number of hydrogen-bond acceptors (Lipinski definition) is 7. The molecule has 7 nitrogen and oxygen atoms in total. The van der Waals surface area contributed by atoms with Gasteiger partial charge in [0.1, 0.15) is 0 Å². The van der Waals surface area contributed by atoms with Crippen molar-refractivity contribution >= 4 is 11.9 Å². The minimum Gasteiger partial charge on any atom is -0.396 e. The van der Waals surface area contributed by atoms with Gasteiger partial charge in [-0.3, -0.25) is 9.59 Å². The van der Waals surface area contributed by atoms with Gasteiger partial charge in [-0.15, -0.1) is 0 Å². The minimum atomic E-state index is -2.70. The Hall–Kier alpha value is -1.18. The van der Waals surface area contributed by atoms with E-state index in [0.717, 1.165) is 38.5 Å². The first-order chi connectivity index (χ1) is 19.9. The maximum Gasteiger partial charge on any atom is 0.401 e. The predicted octanol–water partition coefficient (Wildman–Crippen LogP) is 8.64. The van der Waals surface area contributed by atoms with Crippen molar-refractivity contribution in [1.82, 2.24) is 0 Å². The molecule has 0 saturated heterocycles. The molecule has 0 aliphatic heterocycles. The average molecular weight is 587 g/mol. The van der Waals surface area contributed by atoms with Crippen LogP contribution in [0, 0.1) is 0 Å². The number of aliphatic hydroxyl groups excluding tert-OH is 2. The Morgan fingerprint density at radius 2 is 0.854 bits per heavy atom. The zero-order valence-corrected chi connectivity index (χ0v) is 26.9. The Morgan fingerprint density at radius 3 is 1.17 bits per heavy atom. The summed E-state index contributed by atoms with van der Waals surface area (Å²) in [4.78, 5) is 24.9. The standard InChI is InChI=1S/C34H66O7/c1-3-5-7-9-11-13-15-17-19-21-23-28-32(37)40-34(39,31(36)27-25-26-30-35)41-33(38)29-24-22-20-18-16-14-12-10-8-6-4-2/h31,35-36,39H,3-30H2,1-2H3. The molecule has 0 aromatic carbocycles. The first-order valence-corrected chi connectivity index (χ1v) is 17.3. The third-order valence-corrected chi connectivity index (χ3v) is 7.80. The number of unbranched alkanes of at least 4 members (excludes halogenated alkanes) is 21. The molecule has 0 spiro atoms. The van der Waals surface area contributed by atoms with Crippen LogP contribution in [-0.4, -0.2) is 45.9 Å². The van der Waals surface area contributed by atoms with Crippen molar-refractivity contribution < 1.29 is 34.4 Å². The van der Waals surface area contributed by atoms with Crippen molar-refractivity contribution in [2.75, 3.05) is 6.61 Å². The molecule has 0 fully saturated rings. The van der Waals surface area contributed by atoms with E-state index in [0.29, 0.717) is 25.7 Å².